The van der Waals surface area contributed by atoms with Crippen LogP contribution in [0.5, 0.6) is 0 Å². The van der Waals surface area contributed by atoms with Crippen molar-refractivity contribution < 1.29 is 4.79 Å². The number of rotatable bonds is 3. The molecule has 1 aliphatic rings. The van der Waals surface area contributed by atoms with Gasteiger partial charge in [-0.05, 0) is 24.5 Å². The zero-order valence-corrected chi connectivity index (χ0v) is 10.1. The summed E-state index contributed by atoms with van der Waals surface area (Å²) in [5.41, 5.74) is 1.86. The van der Waals surface area contributed by atoms with Gasteiger partial charge >= 0.3 is 0 Å². The van der Waals surface area contributed by atoms with Crippen molar-refractivity contribution in [2.45, 2.75) is 32.1 Å². The zero-order chi connectivity index (χ0) is 12.1. The number of nitrogens with one attached hydrogen (secondary N) is 1. The number of amides is 1. The van der Waals surface area contributed by atoms with Crippen molar-refractivity contribution in [3.05, 3.63) is 36.4 Å². The quantitative estimate of drug-likeness (QED) is 0.838. The summed E-state index contributed by atoms with van der Waals surface area (Å²) in [6.45, 7) is 3.76. The van der Waals surface area contributed by atoms with Crippen LogP contribution >= 0.6 is 0 Å². The Hall–Kier alpha value is -1.57. The lowest BCUT2D eigenvalue weighted by atomic mass is 9.88. The third kappa shape index (κ3) is 2.96. The minimum absolute atomic E-state index is 0.166. The average molecular weight is 229 g/mol. The highest BCUT2D eigenvalue weighted by molar-refractivity contribution is 5.94. The van der Waals surface area contributed by atoms with Crippen molar-refractivity contribution in [2.75, 3.05) is 5.32 Å². The molecule has 2 heteroatoms. The summed E-state index contributed by atoms with van der Waals surface area (Å²) >= 11 is 0. The minimum Gasteiger partial charge on any atom is -0.325 e. The number of carbonyl (C=O) groups excluding carboxylic acids is 1. The average Bonchev–Trinajstić information content (AvgIpc) is 2.40. The number of para-hydroxylation sites is 1. The van der Waals surface area contributed by atoms with Gasteiger partial charge in [-0.2, -0.15) is 0 Å². The molecule has 90 valence electrons. The van der Waals surface area contributed by atoms with Crippen molar-refractivity contribution in [3.8, 4) is 0 Å². The van der Waals surface area contributed by atoms with Gasteiger partial charge in [0.2, 0.25) is 5.91 Å². The molecule has 0 bridgehead atoms. The van der Waals surface area contributed by atoms with E-state index in [1.54, 1.807) is 6.08 Å². The first kappa shape index (κ1) is 11.9. The van der Waals surface area contributed by atoms with E-state index in [1.165, 1.54) is 19.3 Å². The van der Waals surface area contributed by atoms with Crippen LogP contribution in [0.4, 0.5) is 5.69 Å². The van der Waals surface area contributed by atoms with Gasteiger partial charge in [-0.3, -0.25) is 4.79 Å². The summed E-state index contributed by atoms with van der Waals surface area (Å²) in [6.07, 6.45) is 7.47. The molecular formula is C15H19NO. The summed E-state index contributed by atoms with van der Waals surface area (Å²) in [6, 6.07) is 7.78. The molecule has 1 aromatic carbocycles. The molecule has 0 saturated heterocycles. The highest BCUT2D eigenvalue weighted by Crippen LogP contribution is 2.25. The van der Waals surface area contributed by atoms with E-state index >= 15 is 0 Å². The third-order valence-electron chi connectivity index (χ3n) is 3.41. The fraction of sp³-hybridized carbons (Fsp3) is 0.400. The van der Waals surface area contributed by atoms with Gasteiger partial charge in [0.05, 0.1) is 0 Å². The summed E-state index contributed by atoms with van der Waals surface area (Å²) < 4.78 is 0. The van der Waals surface area contributed by atoms with Gasteiger partial charge in [-0.15, -0.1) is 0 Å². The third-order valence-corrected chi connectivity index (χ3v) is 3.41. The number of carbonyl (C=O) groups is 1. The zero-order valence-electron chi connectivity index (χ0n) is 10.1. The molecule has 0 radical (unpaired) electrons. The Balaban J connectivity index is 2.04. The monoisotopic (exact) mass is 229 g/mol. The Labute approximate surface area is 103 Å². The minimum atomic E-state index is 0.166. The Morgan fingerprint density at radius 2 is 1.94 bits per heavy atom. The van der Waals surface area contributed by atoms with Crippen LogP contribution in [0.1, 0.15) is 37.7 Å². The summed E-state index contributed by atoms with van der Waals surface area (Å²) in [5.74, 6) is 0.362. The summed E-state index contributed by atoms with van der Waals surface area (Å²) in [5, 5.41) is 3.02. The van der Waals surface area contributed by atoms with Crippen LogP contribution in [0.3, 0.4) is 0 Å². The van der Waals surface area contributed by atoms with Crippen LogP contribution in [0.25, 0.3) is 6.08 Å². The van der Waals surface area contributed by atoms with Crippen LogP contribution in [-0.2, 0) is 4.79 Å². The first-order chi connectivity index (χ1) is 8.31. The second-order valence-corrected chi connectivity index (χ2v) is 4.62. The molecule has 1 aliphatic carbocycles. The highest BCUT2D eigenvalue weighted by Gasteiger charge is 2.21. The summed E-state index contributed by atoms with van der Waals surface area (Å²) in [7, 11) is 0. The molecule has 1 aromatic rings. The fourth-order valence-corrected chi connectivity index (χ4v) is 2.39. The molecule has 1 amide bonds. The molecule has 2 nitrogen and oxygen atoms in total. The van der Waals surface area contributed by atoms with E-state index < -0.39 is 0 Å². The first-order valence-corrected chi connectivity index (χ1v) is 6.33. The predicted molar refractivity (Wildman–Crippen MR) is 71.7 cm³/mol. The van der Waals surface area contributed by atoms with Gasteiger partial charge in [-0.25, -0.2) is 0 Å². The van der Waals surface area contributed by atoms with Gasteiger partial charge < -0.3 is 5.32 Å². The molecule has 0 heterocycles. The van der Waals surface area contributed by atoms with E-state index in [4.69, 9.17) is 0 Å². The van der Waals surface area contributed by atoms with Gasteiger partial charge in [0.1, 0.15) is 0 Å². The number of benzene rings is 1. The first-order valence-electron chi connectivity index (χ1n) is 6.33. The lowest BCUT2D eigenvalue weighted by molar-refractivity contribution is -0.120. The Bertz CT molecular complexity index is 405. The second-order valence-electron chi connectivity index (χ2n) is 4.62. The lowest BCUT2D eigenvalue weighted by Gasteiger charge is -2.21. The van der Waals surface area contributed by atoms with Gasteiger partial charge in [0, 0.05) is 11.6 Å². The van der Waals surface area contributed by atoms with Crippen LogP contribution in [0.15, 0.2) is 30.8 Å². The standard InChI is InChI=1S/C15H19NO/c1-2-12-8-6-7-11-14(12)16-15(17)13-9-4-3-5-10-13/h2,6-8,11,13H,1,3-5,9-10H2,(H,16,17). The maximum absolute atomic E-state index is 12.1. The normalized spacial score (nSPS) is 16.5. The van der Waals surface area contributed by atoms with Gasteiger partial charge in [0.15, 0.2) is 0 Å². The van der Waals surface area contributed by atoms with Gasteiger partial charge in [0.25, 0.3) is 0 Å². The molecule has 1 N–H and O–H groups in total. The van der Waals surface area contributed by atoms with E-state index in [0.717, 1.165) is 24.1 Å². The number of anilines is 1. The molecule has 0 spiro atoms. The van der Waals surface area contributed by atoms with E-state index in [1.807, 2.05) is 24.3 Å². The van der Waals surface area contributed by atoms with Crippen molar-refractivity contribution in [2.24, 2.45) is 5.92 Å². The molecule has 1 saturated carbocycles. The van der Waals surface area contributed by atoms with Crippen LogP contribution in [-0.4, -0.2) is 5.91 Å². The molecule has 17 heavy (non-hydrogen) atoms. The SMILES string of the molecule is C=Cc1ccccc1NC(=O)C1CCCCC1. The fourth-order valence-electron chi connectivity index (χ4n) is 2.39. The molecular weight excluding hydrogens is 210 g/mol. The second kappa shape index (κ2) is 5.67. The molecule has 0 atom stereocenters. The smallest absolute Gasteiger partial charge is 0.227 e. The van der Waals surface area contributed by atoms with Crippen molar-refractivity contribution in [3.63, 3.8) is 0 Å². The number of hydrogen-bond donors (Lipinski definition) is 1. The molecule has 0 aliphatic heterocycles. The Morgan fingerprint density at radius 3 is 2.65 bits per heavy atom. The Morgan fingerprint density at radius 1 is 1.24 bits per heavy atom. The molecule has 1 fully saturated rings. The molecule has 0 aromatic heterocycles. The van der Waals surface area contributed by atoms with Crippen LogP contribution in [0, 0.1) is 5.92 Å². The highest BCUT2D eigenvalue weighted by atomic mass is 16.1. The lowest BCUT2D eigenvalue weighted by Crippen LogP contribution is -2.25. The number of hydrogen-bond acceptors (Lipinski definition) is 1. The molecule has 2 rings (SSSR count). The van der Waals surface area contributed by atoms with E-state index in [2.05, 4.69) is 11.9 Å². The molecule has 0 unspecified atom stereocenters. The van der Waals surface area contributed by atoms with Crippen molar-refractivity contribution in [1.29, 1.82) is 0 Å². The van der Waals surface area contributed by atoms with Gasteiger partial charge in [-0.1, -0.05) is 50.1 Å². The van der Waals surface area contributed by atoms with E-state index in [0.29, 0.717) is 0 Å². The largest absolute Gasteiger partial charge is 0.325 e. The van der Waals surface area contributed by atoms with Crippen LogP contribution in [0.2, 0.25) is 0 Å². The predicted octanol–water partition coefficient (Wildman–Crippen LogP) is 3.85. The van der Waals surface area contributed by atoms with Crippen LogP contribution < -0.4 is 5.32 Å². The summed E-state index contributed by atoms with van der Waals surface area (Å²) in [4.78, 5) is 12.1. The Kier molecular flexibility index (Phi) is 3.97. The van der Waals surface area contributed by atoms with E-state index in [9.17, 15) is 4.79 Å². The maximum atomic E-state index is 12.1. The topological polar surface area (TPSA) is 29.1 Å². The maximum Gasteiger partial charge on any atom is 0.227 e. The van der Waals surface area contributed by atoms with Crippen molar-refractivity contribution in [1.82, 2.24) is 0 Å². The van der Waals surface area contributed by atoms with Crippen molar-refractivity contribution >= 4 is 17.7 Å². The van der Waals surface area contributed by atoms with E-state index in [-0.39, 0.29) is 11.8 Å².